The Balaban J connectivity index is 1.29. The van der Waals surface area contributed by atoms with Crippen LogP contribution in [-0.4, -0.2) is 68.8 Å². The molecule has 4 heterocycles. The van der Waals surface area contributed by atoms with Crippen LogP contribution in [0.5, 0.6) is 5.75 Å². The van der Waals surface area contributed by atoms with Gasteiger partial charge in [0.2, 0.25) is 0 Å². The smallest absolute Gasteiger partial charge is 0.289 e. The van der Waals surface area contributed by atoms with Gasteiger partial charge in [-0.25, -0.2) is 19.6 Å². The predicted octanol–water partition coefficient (Wildman–Crippen LogP) is 1.77. The average molecular weight is 405 g/mol. The molecule has 1 aliphatic rings. The summed E-state index contributed by atoms with van der Waals surface area (Å²) in [4.78, 5) is 29.4. The van der Waals surface area contributed by atoms with Gasteiger partial charge in [0.15, 0.2) is 22.9 Å². The molecular formula is C20H19N7O3. The SMILES string of the molecule is COc1cccc2cc(C(=O)N3CCN(c4cc(-n5cncn5)ncn4)CC3)oc12. The molecule has 10 nitrogen and oxygen atoms in total. The van der Waals surface area contributed by atoms with Crippen molar-refractivity contribution in [1.82, 2.24) is 29.6 Å². The van der Waals surface area contributed by atoms with E-state index >= 15 is 0 Å². The van der Waals surface area contributed by atoms with Crippen LogP contribution in [0.4, 0.5) is 5.82 Å². The summed E-state index contributed by atoms with van der Waals surface area (Å²) in [7, 11) is 1.58. The summed E-state index contributed by atoms with van der Waals surface area (Å²) < 4.78 is 12.7. The van der Waals surface area contributed by atoms with Crippen LogP contribution in [0, 0.1) is 0 Å². The zero-order chi connectivity index (χ0) is 20.5. The van der Waals surface area contributed by atoms with Crippen molar-refractivity contribution >= 4 is 22.7 Å². The Bertz CT molecular complexity index is 1180. The molecule has 1 amide bonds. The summed E-state index contributed by atoms with van der Waals surface area (Å²) in [5.74, 6) is 2.24. The van der Waals surface area contributed by atoms with Crippen molar-refractivity contribution in [3.8, 4) is 11.6 Å². The van der Waals surface area contributed by atoms with Crippen molar-refractivity contribution in [2.24, 2.45) is 0 Å². The lowest BCUT2D eigenvalue weighted by Gasteiger charge is -2.35. The van der Waals surface area contributed by atoms with Crippen LogP contribution in [0.1, 0.15) is 10.6 Å². The number of para-hydroxylation sites is 1. The highest BCUT2D eigenvalue weighted by Gasteiger charge is 2.26. The van der Waals surface area contributed by atoms with Crippen molar-refractivity contribution in [1.29, 1.82) is 0 Å². The van der Waals surface area contributed by atoms with E-state index in [1.54, 1.807) is 29.1 Å². The summed E-state index contributed by atoms with van der Waals surface area (Å²) >= 11 is 0. The maximum absolute atomic E-state index is 13.0. The Kier molecular flexibility index (Phi) is 4.51. The maximum Gasteiger partial charge on any atom is 0.289 e. The number of piperazine rings is 1. The first-order valence-corrected chi connectivity index (χ1v) is 9.51. The molecule has 30 heavy (non-hydrogen) atoms. The molecule has 10 heteroatoms. The Morgan fingerprint density at radius 3 is 2.67 bits per heavy atom. The number of benzene rings is 1. The largest absolute Gasteiger partial charge is 0.493 e. The number of anilines is 1. The molecule has 1 fully saturated rings. The molecule has 0 N–H and O–H groups in total. The minimum absolute atomic E-state index is 0.126. The average Bonchev–Trinajstić information content (AvgIpc) is 3.49. The zero-order valence-electron chi connectivity index (χ0n) is 16.3. The number of ether oxygens (including phenoxy) is 1. The molecule has 4 aromatic rings. The van der Waals surface area contributed by atoms with Crippen LogP contribution in [-0.2, 0) is 0 Å². The molecule has 1 aliphatic heterocycles. The van der Waals surface area contributed by atoms with Crippen molar-refractivity contribution in [3.63, 3.8) is 0 Å². The number of carbonyl (C=O) groups excluding carboxylic acids is 1. The summed E-state index contributed by atoms with van der Waals surface area (Å²) in [5, 5.41) is 4.94. The molecule has 0 unspecified atom stereocenters. The van der Waals surface area contributed by atoms with Crippen molar-refractivity contribution in [2.75, 3.05) is 38.2 Å². The number of carbonyl (C=O) groups is 1. The molecule has 3 aromatic heterocycles. The lowest BCUT2D eigenvalue weighted by atomic mass is 10.2. The van der Waals surface area contributed by atoms with E-state index in [4.69, 9.17) is 9.15 Å². The predicted molar refractivity (Wildman–Crippen MR) is 108 cm³/mol. The Morgan fingerprint density at radius 1 is 1.07 bits per heavy atom. The molecule has 0 aliphatic carbocycles. The van der Waals surface area contributed by atoms with Gasteiger partial charge in [-0.1, -0.05) is 12.1 Å². The number of nitrogens with zero attached hydrogens (tertiary/aromatic N) is 7. The first kappa shape index (κ1) is 18.1. The van der Waals surface area contributed by atoms with E-state index in [1.165, 1.54) is 12.7 Å². The second-order valence-electron chi connectivity index (χ2n) is 6.84. The quantitative estimate of drug-likeness (QED) is 0.506. The number of furan rings is 1. The van der Waals surface area contributed by atoms with Crippen LogP contribution in [0.2, 0.25) is 0 Å². The van der Waals surface area contributed by atoms with Gasteiger partial charge in [-0.3, -0.25) is 4.79 Å². The molecular weight excluding hydrogens is 386 g/mol. The van der Waals surface area contributed by atoms with Crippen LogP contribution < -0.4 is 9.64 Å². The minimum atomic E-state index is -0.126. The molecule has 5 rings (SSSR count). The van der Waals surface area contributed by atoms with Gasteiger partial charge >= 0.3 is 0 Å². The van der Waals surface area contributed by atoms with E-state index in [0.717, 1.165) is 11.2 Å². The third-order valence-electron chi connectivity index (χ3n) is 5.12. The Morgan fingerprint density at radius 2 is 1.90 bits per heavy atom. The number of hydrogen-bond donors (Lipinski definition) is 0. The lowest BCUT2D eigenvalue weighted by Crippen LogP contribution is -2.49. The van der Waals surface area contributed by atoms with Gasteiger partial charge in [0.05, 0.1) is 7.11 Å². The lowest BCUT2D eigenvalue weighted by molar-refractivity contribution is 0.0716. The van der Waals surface area contributed by atoms with Crippen molar-refractivity contribution in [3.05, 3.63) is 55.1 Å². The molecule has 0 spiro atoms. The summed E-state index contributed by atoms with van der Waals surface area (Å²) in [6, 6.07) is 9.21. The van der Waals surface area contributed by atoms with Gasteiger partial charge in [-0.15, -0.1) is 0 Å². The van der Waals surface area contributed by atoms with E-state index in [-0.39, 0.29) is 5.91 Å². The topological polar surface area (TPSA) is 102 Å². The number of aromatic nitrogens is 5. The van der Waals surface area contributed by atoms with Gasteiger partial charge in [-0.05, 0) is 12.1 Å². The third-order valence-corrected chi connectivity index (χ3v) is 5.12. The molecule has 0 radical (unpaired) electrons. The Hall–Kier alpha value is -3.95. The normalized spacial score (nSPS) is 14.3. The van der Waals surface area contributed by atoms with Crippen LogP contribution in [0.3, 0.4) is 0 Å². The van der Waals surface area contributed by atoms with Gasteiger partial charge in [0.25, 0.3) is 5.91 Å². The highest BCUT2D eigenvalue weighted by Crippen LogP contribution is 2.29. The van der Waals surface area contributed by atoms with E-state index in [2.05, 4.69) is 25.0 Å². The highest BCUT2D eigenvalue weighted by molar-refractivity contribution is 5.97. The van der Waals surface area contributed by atoms with Crippen LogP contribution >= 0.6 is 0 Å². The van der Waals surface area contributed by atoms with Crippen LogP contribution in [0.15, 0.2) is 53.7 Å². The fourth-order valence-electron chi connectivity index (χ4n) is 3.56. The van der Waals surface area contributed by atoms with Gasteiger partial charge in [-0.2, -0.15) is 5.10 Å². The summed E-state index contributed by atoms with van der Waals surface area (Å²) in [6.45, 7) is 2.44. The van der Waals surface area contributed by atoms with E-state index in [9.17, 15) is 4.79 Å². The standard InChI is InChI=1S/C20H19N7O3/c1-29-15-4-2-3-14-9-16(30-19(14)15)20(28)26-7-5-25(6-8-26)17-10-18(23-12-22-17)27-13-21-11-24-27/h2-4,9-13H,5-8H2,1H3. The van der Waals surface area contributed by atoms with E-state index in [0.29, 0.717) is 49.1 Å². The number of rotatable bonds is 4. The van der Waals surface area contributed by atoms with Gasteiger partial charge in [0, 0.05) is 37.6 Å². The molecule has 1 aromatic carbocycles. The maximum atomic E-state index is 13.0. The first-order valence-electron chi connectivity index (χ1n) is 9.51. The summed E-state index contributed by atoms with van der Waals surface area (Å²) in [6.07, 6.45) is 4.55. The van der Waals surface area contributed by atoms with Gasteiger partial charge in [0.1, 0.15) is 24.8 Å². The number of amides is 1. The number of hydrogen-bond acceptors (Lipinski definition) is 8. The number of methoxy groups -OCH3 is 1. The molecule has 1 saturated heterocycles. The zero-order valence-corrected chi connectivity index (χ0v) is 16.3. The first-order chi connectivity index (χ1) is 14.7. The highest BCUT2D eigenvalue weighted by atomic mass is 16.5. The second-order valence-corrected chi connectivity index (χ2v) is 6.84. The molecule has 0 bridgehead atoms. The van der Waals surface area contributed by atoms with Crippen LogP contribution in [0.25, 0.3) is 16.8 Å². The third kappa shape index (κ3) is 3.21. The van der Waals surface area contributed by atoms with E-state index < -0.39 is 0 Å². The number of fused-ring (bicyclic) bond motifs is 1. The second kappa shape index (κ2) is 7.47. The van der Waals surface area contributed by atoms with Gasteiger partial charge < -0.3 is 19.0 Å². The molecule has 0 saturated carbocycles. The fourth-order valence-corrected chi connectivity index (χ4v) is 3.56. The van der Waals surface area contributed by atoms with Crippen molar-refractivity contribution in [2.45, 2.75) is 0 Å². The molecule has 0 atom stereocenters. The monoisotopic (exact) mass is 405 g/mol. The Labute approximate surface area is 171 Å². The minimum Gasteiger partial charge on any atom is -0.493 e. The fraction of sp³-hybridized carbons (Fsp3) is 0.250. The van der Waals surface area contributed by atoms with Crippen molar-refractivity contribution < 1.29 is 13.9 Å². The van der Waals surface area contributed by atoms with E-state index in [1.807, 2.05) is 24.3 Å². The summed E-state index contributed by atoms with van der Waals surface area (Å²) in [5.41, 5.74) is 0.587. The molecule has 152 valence electrons.